The van der Waals surface area contributed by atoms with Crippen LogP contribution >= 0.6 is 0 Å². The Kier molecular flexibility index (Phi) is 9.79. The molecule has 0 aromatic heterocycles. The molecule has 11 nitrogen and oxygen atoms in total. The number of piperazine rings is 1. The molecule has 1 unspecified atom stereocenters. The summed E-state index contributed by atoms with van der Waals surface area (Å²) in [7, 11) is 0. The molecule has 3 fully saturated rings. The SMILES string of the molecule is CC(=O)C(OC1CCNCC1)(C(=O)O)N1CCN(C2CCNCC2)CC1=O.O=C(O)C(F)(F)F. The normalized spacial score (nSPS) is 22.9. The van der Waals surface area contributed by atoms with Crippen molar-refractivity contribution >= 4 is 23.6 Å². The lowest BCUT2D eigenvalue weighted by molar-refractivity contribution is -0.217. The van der Waals surface area contributed by atoms with Crippen molar-refractivity contribution in [2.75, 3.05) is 45.8 Å². The molecule has 0 aromatic rings. The topological polar surface area (TPSA) is 149 Å². The molecule has 0 spiro atoms. The Morgan fingerprint density at radius 1 is 0.941 bits per heavy atom. The Labute approximate surface area is 194 Å². The van der Waals surface area contributed by atoms with Crippen molar-refractivity contribution in [1.82, 2.24) is 20.4 Å². The van der Waals surface area contributed by atoms with E-state index in [1.165, 1.54) is 6.92 Å². The van der Waals surface area contributed by atoms with E-state index in [2.05, 4.69) is 15.5 Å². The number of ether oxygens (including phenoxy) is 1. The summed E-state index contributed by atoms with van der Waals surface area (Å²) in [5, 5.41) is 23.5. The minimum atomic E-state index is -5.08. The summed E-state index contributed by atoms with van der Waals surface area (Å²) < 4.78 is 37.6. The number of hydrogen-bond donors (Lipinski definition) is 4. The van der Waals surface area contributed by atoms with Gasteiger partial charge in [-0.25, -0.2) is 9.59 Å². The average Bonchev–Trinajstić information content (AvgIpc) is 2.78. The van der Waals surface area contributed by atoms with Crippen LogP contribution in [0.15, 0.2) is 0 Å². The minimum absolute atomic E-state index is 0.128. The molecule has 0 aliphatic carbocycles. The molecule has 0 radical (unpaired) electrons. The largest absolute Gasteiger partial charge is 0.490 e. The number of nitrogens with zero attached hydrogens (tertiary/aromatic N) is 2. The summed E-state index contributed by atoms with van der Waals surface area (Å²) >= 11 is 0. The second-order valence-electron chi connectivity index (χ2n) is 8.37. The Bertz CT molecular complexity index is 739. The molecule has 0 aromatic carbocycles. The molecule has 3 rings (SSSR count). The number of Topliss-reactive ketones (excluding diaryl/α,β-unsaturated/α-hetero) is 1. The smallest absolute Gasteiger partial charge is 0.477 e. The second-order valence-corrected chi connectivity index (χ2v) is 8.37. The molecule has 3 aliphatic heterocycles. The predicted molar refractivity (Wildman–Crippen MR) is 111 cm³/mol. The van der Waals surface area contributed by atoms with E-state index in [-0.39, 0.29) is 25.1 Å². The van der Waals surface area contributed by atoms with Crippen molar-refractivity contribution in [2.45, 2.75) is 56.7 Å². The van der Waals surface area contributed by atoms with Crippen LogP contribution in [0, 0.1) is 0 Å². The highest BCUT2D eigenvalue weighted by atomic mass is 19.4. The molecule has 1 amide bonds. The number of halogens is 3. The molecular formula is C20H31F3N4O7. The minimum Gasteiger partial charge on any atom is -0.477 e. The van der Waals surface area contributed by atoms with Gasteiger partial charge in [-0.05, 0) is 51.9 Å². The summed E-state index contributed by atoms with van der Waals surface area (Å²) in [6.45, 7) is 5.30. The number of amides is 1. The molecule has 0 bridgehead atoms. The number of ketones is 1. The van der Waals surface area contributed by atoms with E-state index < -0.39 is 29.6 Å². The Morgan fingerprint density at radius 2 is 1.44 bits per heavy atom. The lowest BCUT2D eigenvalue weighted by atomic mass is 10.0. The van der Waals surface area contributed by atoms with Crippen LogP contribution in [0.1, 0.15) is 32.6 Å². The standard InChI is InChI=1S/C18H30N4O5.C2HF3O2/c1-13(23)18(17(25)26,27-15-4-8-20-9-5-15)22-11-10-21(12-16(22)24)14-2-6-19-7-3-14;3-2(4,5)1(6)7/h14-15,19-20H,2-12H2,1H3,(H,25,26);(H,6,7). The fraction of sp³-hybridized carbons (Fsp3) is 0.800. The number of aliphatic carboxylic acids is 2. The average molecular weight is 496 g/mol. The van der Waals surface area contributed by atoms with Crippen LogP contribution in [0.5, 0.6) is 0 Å². The van der Waals surface area contributed by atoms with E-state index in [1.54, 1.807) is 0 Å². The van der Waals surface area contributed by atoms with Crippen molar-refractivity contribution in [2.24, 2.45) is 0 Å². The number of carbonyl (C=O) groups excluding carboxylic acids is 2. The molecule has 1 atom stereocenters. The zero-order valence-electron chi connectivity index (χ0n) is 18.9. The maximum absolute atomic E-state index is 12.9. The summed E-state index contributed by atoms with van der Waals surface area (Å²) in [6.07, 6.45) is -2.27. The van der Waals surface area contributed by atoms with Crippen molar-refractivity contribution in [3.63, 3.8) is 0 Å². The van der Waals surface area contributed by atoms with Crippen LogP contribution in [0.2, 0.25) is 0 Å². The van der Waals surface area contributed by atoms with Gasteiger partial charge in [0.15, 0.2) is 5.78 Å². The number of nitrogens with one attached hydrogen (secondary N) is 2. The Morgan fingerprint density at radius 3 is 1.85 bits per heavy atom. The van der Waals surface area contributed by atoms with Gasteiger partial charge in [0.2, 0.25) is 5.91 Å². The highest BCUT2D eigenvalue weighted by Gasteiger charge is 2.55. The van der Waals surface area contributed by atoms with Gasteiger partial charge in [-0.2, -0.15) is 13.2 Å². The van der Waals surface area contributed by atoms with Gasteiger partial charge in [0.25, 0.3) is 0 Å². The first-order valence-electron chi connectivity index (χ1n) is 11.1. The van der Waals surface area contributed by atoms with Crippen LogP contribution in [-0.2, 0) is 23.9 Å². The summed E-state index contributed by atoms with van der Waals surface area (Å²) in [4.78, 5) is 49.7. The van der Waals surface area contributed by atoms with Gasteiger partial charge in [-0.3, -0.25) is 19.4 Å². The quantitative estimate of drug-likeness (QED) is 0.360. The summed E-state index contributed by atoms with van der Waals surface area (Å²) in [5.74, 6) is -5.17. The monoisotopic (exact) mass is 496 g/mol. The summed E-state index contributed by atoms with van der Waals surface area (Å²) in [6, 6.07) is 0.319. The predicted octanol–water partition coefficient (Wildman–Crippen LogP) is -0.346. The number of rotatable bonds is 6. The highest BCUT2D eigenvalue weighted by Crippen LogP contribution is 2.28. The van der Waals surface area contributed by atoms with Gasteiger partial charge < -0.3 is 25.6 Å². The number of carbonyl (C=O) groups is 4. The number of carboxylic acids is 2. The zero-order valence-corrected chi connectivity index (χ0v) is 18.9. The molecule has 3 heterocycles. The third-order valence-corrected chi connectivity index (χ3v) is 6.09. The van der Waals surface area contributed by atoms with Crippen molar-refractivity contribution in [3.8, 4) is 0 Å². The van der Waals surface area contributed by atoms with E-state index in [0.29, 0.717) is 38.5 Å². The maximum atomic E-state index is 12.9. The lowest BCUT2D eigenvalue weighted by Gasteiger charge is -2.46. The van der Waals surface area contributed by atoms with Gasteiger partial charge in [0.05, 0.1) is 12.6 Å². The number of piperidine rings is 2. The van der Waals surface area contributed by atoms with E-state index in [4.69, 9.17) is 14.6 Å². The van der Waals surface area contributed by atoms with E-state index in [0.717, 1.165) is 30.8 Å². The lowest BCUT2D eigenvalue weighted by Crippen LogP contribution is -2.69. The number of alkyl halides is 3. The molecule has 3 saturated heterocycles. The van der Waals surface area contributed by atoms with E-state index in [1.807, 2.05) is 0 Å². The molecular weight excluding hydrogens is 465 g/mol. The second kappa shape index (κ2) is 11.9. The number of hydrogen-bond acceptors (Lipinski definition) is 8. The first-order chi connectivity index (χ1) is 15.9. The van der Waals surface area contributed by atoms with Gasteiger partial charge in [-0.15, -0.1) is 0 Å². The first kappa shape index (κ1) is 28.0. The molecule has 3 aliphatic rings. The first-order valence-corrected chi connectivity index (χ1v) is 11.1. The third-order valence-electron chi connectivity index (χ3n) is 6.09. The fourth-order valence-electron chi connectivity index (χ4n) is 4.32. The van der Waals surface area contributed by atoms with Crippen LogP contribution in [0.25, 0.3) is 0 Å². The van der Waals surface area contributed by atoms with Crippen molar-refractivity contribution < 1.29 is 47.3 Å². The molecule has 14 heteroatoms. The van der Waals surface area contributed by atoms with Gasteiger partial charge in [0, 0.05) is 26.1 Å². The van der Waals surface area contributed by atoms with Crippen molar-refractivity contribution in [1.29, 1.82) is 0 Å². The molecule has 34 heavy (non-hydrogen) atoms. The molecule has 194 valence electrons. The van der Waals surface area contributed by atoms with Gasteiger partial charge in [0.1, 0.15) is 0 Å². The van der Waals surface area contributed by atoms with Crippen LogP contribution in [0.4, 0.5) is 13.2 Å². The molecule has 4 N–H and O–H groups in total. The fourth-order valence-corrected chi connectivity index (χ4v) is 4.32. The van der Waals surface area contributed by atoms with Gasteiger partial charge in [-0.1, -0.05) is 0 Å². The van der Waals surface area contributed by atoms with E-state index >= 15 is 0 Å². The number of carboxylic acid groups (broad SMARTS) is 2. The third kappa shape index (κ3) is 6.87. The summed E-state index contributed by atoms with van der Waals surface area (Å²) in [5.41, 5.74) is -2.22. The van der Waals surface area contributed by atoms with Crippen LogP contribution in [0.3, 0.4) is 0 Å². The van der Waals surface area contributed by atoms with E-state index in [9.17, 15) is 32.7 Å². The van der Waals surface area contributed by atoms with Crippen LogP contribution < -0.4 is 10.6 Å². The van der Waals surface area contributed by atoms with Crippen molar-refractivity contribution in [3.05, 3.63) is 0 Å². The zero-order chi connectivity index (χ0) is 25.5. The Balaban J connectivity index is 0.000000509. The van der Waals surface area contributed by atoms with Gasteiger partial charge >= 0.3 is 23.8 Å². The van der Waals surface area contributed by atoms with Crippen LogP contribution in [-0.4, -0.2) is 114 Å². The highest BCUT2D eigenvalue weighted by molar-refractivity contribution is 6.08. The Hall–Kier alpha value is -2.29. The maximum Gasteiger partial charge on any atom is 0.490 e. The molecule has 0 saturated carbocycles.